The molecule has 0 saturated carbocycles. The number of rotatable bonds is 1. The molecule has 0 spiro atoms. The molecule has 2 heterocycles. The first kappa shape index (κ1) is 13.0. The molecule has 104 valence electrons. The second-order valence-electron chi connectivity index (χ2n) is 4.76. The minimum absolute atomic E-state index is 0.0175. The molecule has 0 aliphatic carbocycles. The fourth-order valence-electron chi connectivity index (χ4n) is 2.50. The lowest BCUT2D eigenvalue weighted by molar-refractivity contribution is 0.371. The Balaban J connectivity index is 2.32. The quantitative estimate of drug-likeness (QED) is 0.864. The van der Waals surface area contributed by atoms with E-state index in [0.717, 1.165) is 5.56 Å². The standard InChI is InChI=1S/C16H12N2O3/c1-9-7-12-14(16(19)20-9)13(10-5-3-2-4-6-10)11(8-17)15(18)21-12/h2-7,13H,18H2,1H3/t13-/m0/s1. The molecule has 0 radical (unpaired) electrons. The van der Waals surface area contributed by atoms with Gasteiger partial charge in [-0.1, -0.05) is 30.3 Å². The zero-order valence-electron chi connectivity index (χ0n) is 11.3. The molecular weight excluding hydrogens is 268 g/mol. The Bertz CT molecular complexity index is 829. The van der Waals surface area contributed by atoms with E-state index < -0.39 is 11.5 Å². The van der Waals surface area contributed by atoms with Gasteiger partial charge in [-0.05, 0) is 12.5 Å². The van der Waals surface area contributed by atoms with Crippen LogP contribution in [-0.2, 0) is 0 Å². The second-order valence-corrected chi connectivity index (χ2v) is 4.76. The molecule has 1 aliphatic rings. The molecule has 2 N–H and O–H groups in total. The molecule has 5 nitrogen and oxygen atoms in total. The SMILES string of the molecule is Cc1cc2c(c(=O)o1)[C@@H](c1ccccc1)C(C#N)=C(N)O2. The fraction of sp³-hybridized carbons (Fsp3) is 0.125. The predicted octanol–water partition coefficient (Wildman–Crippen LogP) is 2.17. The normalized spacial score (nSPS) is 16.9. The molecule has 1 aromatic heterocycles. The van der Waals surface area contributed by atoms with Crippen LogP contribution in [0.5, 0.6) is 5.75 Å². The summed E-state index contributed by atoms with van der Waals surface area (Å²) in [6.45, 7) is 1.66. The highest BCUT2D eigenvalue weighted by Gasteiger charge is 2.33. The zero-order chi connectivity index (χ0) is 15.0. The average Bonchev–Trinajstić information content (AvgIpc) is 2.46. The van der Waals surface area contributed by atoms with Crippen molar-refractivity contribution >= 4 is 0 Å². The molecule has 0 bridgehead atoms. The first-order valence-electron chi connectivity index (χ1n) is 6.39. The number of hydrogen-bond donors (Lipinski definition) is 1. The van der Waals surface area contributed by atoms with E-state index in [-0.39, 0.29) is 11.5 Å². The Kier molecular flexibility index (Phi) is 2.99. The van der Waals surface area contributed by atoms with E-state index in [1.807, 2.05) is 36.4 Å². The molecule has 0 fully saturated rings. The summed E-state index contributed by atoms with van der Waals surface area (Å²) < 4.78 is 10.6. The summed E-state index contributed by atoms with van der Waals surface area (Å²) in [4.78, 5) is 12.2. The predicted molar refractivity (Wildman–Crippen MR) is 75.5 cm³/mol. The lowest BCUT2D eigenvalue weighted by Crippen LogP contribution is -2.26. The number of aryl methyl sites for hydroxylation is 1. The van der Waals surface area contributed by atoms with Crippen LogP contribution in [0.25, 0.3) is 0 Å². The zero-order valence-corrected chi connectivity index (χ0v) is 11.3. The lowest BCUT2D eigenvalue weighted by Gasteiger charge is -2.25. The van der Waals surface area contributed by atoms with Crippen LogP contribution in [0.3, 0.4) is 0 Å². The van der Waals surface area contributed by atoms with E-state index in [1.54, 1.807) is 13.0 Å². The summed E-state index contributed by atoms with van der Waals surface area (Å²) in [5, 5.41) is 9.36. The van der Waals surface area contributed by atoms with Crippen LogP contribution in [-0.4, -0.2) is 0 Å². The van der Waals surface area contributed by atoms with E-state index in [0.29, 0.717) is 17.1 Å². The van der Waals surface area contributed by atoms with Crippen molar-refractivity contribution < 1.29 is 9.15 Å². The third kappa shape index (κ3) is 2.07. The third-order valence-electron chi connectivity index (χ3n) is 3.39. The minimum atomic E-state index is -0.572. The molecule has 3 rings (SSSR count). The van der Waals surface area contributed by atoms with Crippen LogP contribution in [0.1, 0.15) is 22.8 Å². The van der Waals surface area contributed by atoms with Crippen LogP contribution >= 0.6 is 0 Å². The van der Waals surface area contributed by atoms with Gasteiger partial charge in [0.1, 0.15) is 23.2 Å². The Morgan fingerprint density at radius 1 is 1.29 bits per heavy atom. The summed E-state index contributed by atoms with van der Waals surface area (Å²) in [6.07, 6.45) is 0. The van der Waals surface area contributed by atoms with Crippen LogP contribution in [0, 0.1) is 18.3 Å². The van der Waals surface area contributed by atoms with Crippen molar-refractivity contribution in [3.8, 4) is 11.8 Å². The highest BCUT2D eigenvalue weighted by molar-refractivity contribution is 5.54. The minimum Gasteiger partial charge on any atom is -0.440 e. The topological polar surface area (TPSA) is 89.2 Å². The number of benzene rings is 1. The monoisotopic (exact) mass is 280 g/mol. The molecule has 0 amide bonds. The number of nitrogens with two attached hydrogens (primary N) is 1. The summed E-state index contributed by atoms with van der Waals surface area (Å²) in [5.41, 5.74) is 6.63. The molecule has 1 aliphatic heterocycles. The molecular formula is C16H12N2O3. The molecule has 2 aromatic rings. The van der Waals surface area contributed by atoms with Crippen molar-refractivity contribution in [2.75, 3.05) is 0 Å². The maximum atomic E-state index is 12.2. The maximum Gasteiger partial charge on any atom is 0.343 e. The van der Waals surface area contributed by atoms with Gasteiger partial charge < -0.3 is 14.9 Å². The number of allylic oxidation sites excluding steroid dienone is 1. The van der Waals surface area contributed by atoms with Gasteiger partial charge in [0.2, 0.25) is 5.88 Å². The highest BCUT2D eigenvalue weighted by atomic mass is 16.5. The third-order valence-corrected chi connectivity index (χ3v) is 3.39. The molecule has 1 atom stereocenters. The Hall–Kier alpha value is -3.00. The molecule has 0 saturated heterocycles. The van der Waals surface area contributed by atoms with Gasteiger partial charge in [0.25, 0.3) is 0 Å². The maximum absolute atomic E-state index is 12.2. The van der Waals surface area contributed by atoms with Gasteiger partial charge in [0.15, 0.2) is 0 Å². The average molecular weight is 280 g/mol. The molecule has 5 heteroatoms. The number of ether oxygens (including phenoxy) is 1. The first-order chi connectivity index (χ1) is 10.1. The second kappa shape index (κ2) is 4.84. The van der Waals surface area contributed by atoms with Crippen molar-refractivity contribution in [2.45, 2.75) is 12.8 Å². The van der Waals surface area contributed by atoms with Crippen molar-refractivity contribution in [1.29, 1.82) is 5.26 Å². The summed E-state index contributed by atoms with van der Waals surface area (Å²) in [5.74, 6) is 0.216. The summed E-state index contributed by atoms with van der Waals surface area (Å²) in [7, 11) is 0. The van der Waals surface area contributed by atoms with Gasteiger partial charge in [-0.15, -0.1) is 0 Å². The summed E-state index contributed by atoms with van der Waals surface area (Å²) in [6, 6.07) is 12.9. The van der Waals surface area contributed by atoms with Gasteiger partial charge >= 0.3 is 5.63 Å². The van der Waals surface area contributed by atoms with Crippen LogP contribution in [0.4, 0.5) is 0 Å². The van der Waals surface area contributed by atoms with Gasteiger partial charge in [0.05, 0.1) is 11.5 Å². The summed E-state index contributed by atoms with van der Waals surface area (Å²) >= 11 is 0. The first-order valence-corrected chi connectivity index (χ1v) is 6.39. The Labute approximate surface area is 120 Å². The Morgan fingerprint density at radius 3 is 2.67 bits per heavy atom. The smallest absolute Gasteiger partial charge is 0.343 e. The van der Waals surface area contributed by atoms with Gasteiger partial charge in [-0.2, -0.15) is 5.26 Å². The lowest BCUT2D eigenvalue weighted by atomic mass is 9.84. The number of hydrogen-bond acceptors (Lipinski definition) is 5. The van der Waals surface area contributed by atoms with E-state index >= 15 is 0 Å². The van der Waals surface area contributed by atoms with Crippen molar-refractivity contribution in [1.82, 2.24) is 0 Å². The van der Waals surface area contributed by atoms with Crippen molar-refractivity contribution in [2.24, 2.45) is 5.73 Å². The molecule has 21 heavy (non-hydrogen) atoms. The van der Waals surface area contributed by atoms with Gasteiger partial charge in [-0.3, -0.25) is 0 Å². The van der Waals surface area contributed by atoms with E-state index in [4.69, 9.17) is 14.9 Å². The van der Waals surface area contributed by atoms with Gasteiger partial charge in [-0.25, -0.2) is 4.79 Å². The molecule has 0 unspecified atom stereocenters. The number of fused-ring (bicyclic) bond motifs is 1. The number of nitrogens with zero attached hydrogens (tertiary/aromatic N) is 1. The van der Waals surface area contributed by atoms with Crippen LogP contribution < -0.4 is 16.1 Å². The van der Waals surface area contributed by atoms with Crippen LogP contribution in [0.2, 0.25) is 0 Å². The van der Waals surface area contributed by atoms with E-state index in [1.165, 1.54) is 0 Å². The number of nitriles is 1. The largest absolute Gasteiger partial charge is 0.440 e. The van der Waals surface area contributed by atoms with Gasteiger partial charge in [0, 0.05) is 6.07 Å². The van der Waals surface area contributed by atoms with E-state index in [9.17, 15) is 10.1 Å². The van der Waals surface area contributed by atoms with E-state index in [2.05, 4.69) is 0 Å². The van der Waals surface area contributed by atoms with Crippen LogP contribution in [0.15, 0.2) is 57.1 Å². The Morgan fingerprint density at radius 2 is 2.00 bits per heavy atom. The van der Waals surface area contributed by atoms with Crippen molar-refractivity contribution in [3.05, 3.63) is 75.2 Å². The highest BCUT2D eigenvalue weighted by Crippen LogP contribution is 2.40. The van der Waals surface area contributed by atoms with Crippen molar-refractivity contribution in [3.63, 3.8) is 0 Å². The fourth-order valence-corrected chi connectivity index (χ4v) is 2.50. The molecule has 1 aromatic carbocycles.